The Labute approximate surface area is 121 Å². The van der Waals surface area contributed by atoms with Crippen LogP contribution in [0.15, 0.2) is 59.0 Å². The summed E-state index contributed by atoms with van der Waals surface area (Å²) >= 11 is 0. The van der Waals surface area contributed by atoms with Gasteiger partial charge >= 0.3 is 0 Å². The van der Waals surface area contributed by atoms with Gasteiger partial charge in [-0.05, 0) is 35.4 Å². The lowest BCUT2D eigenvalue weighted by molar-refractivity contribution is 0.629. The van der Waals surface area contributed by atoms with Crippen LogP contribution in [0, 0.1) is 0 Å². The van der Waals surface area contributed by atoms with Crippen molar-refractivity contribution in [3.63, 3.8) is 0 Å². The molecule has 1 aliphatic rings. The summed E-state index contributed by atoms with van der Waals surface area (Å²) in [5, 5.41) is 2.34. The van der Waals surface area contributed by atoms with Crippen molar-refractivity contribution in [2.75, 3.05) is 0 Å². The van der Waals surface area contributed by atoms with Gasteiger partial charge in [0.25, 0.3) is 0 Å². The third kappa shape index (κ3) is 1.50. The summed E-state index contributed by atoms with van der Waals surface area (Å²) in [6.45, 7) is 0. The van der Waals surface area contributed by atoms with E-state index < -0.39 is 0 Å². The van der Waals surface area contributed by atoms with Gasteiger partial charge in [0.15, 0.2) is 5.76 Å². The average molecular weight is 269 g/mol. The lowest BCUT2D eigenvalue weighted by Crippen LogP contribution is -1.87. The average Bonchev–Trinajstić information content (AvgIpc) is 3.12. The maximum absolute atomic E-state index is 5.93. The first kappa shape index (κ1) is 10.9. The first-order valence-corrected chi connectivity index (χ1v) is 6.99. The molecule has 0 saturated carbocycles. The molecule has 0 spiro atoms. The van der Waals surface area contributed by atoms with Gasteiger partial charge in [-0.25, -0.2) is 4.98 Å². The molecule has 5 rings (SSSR count). The zero-order valence-corrected chi connectivity index (χ0v) is 11.2. The summed E-state index contributed by atoms with van der Waals surface area (Å²) < 4.78 is 5.93. The zero-order valence-electron chi connectivity index (χ0n) is 11.2. The van der Waals surface area contributed by atoms with E-state index in [0.29, 0.717) is 0 Å². The van der Waals surface area contributed by atoms with Crippen molar-refractivity contribution in [3.05, 3.63) is 65.7 Å². The van der Waals surface area contributed by atoms with Crippen molar-refractivity contribution in [2.45, 2.75) is 0 Å². The minimum Gasteiger partial charge on any atom is -0.454 e. The Morgan fingerprint density at radius 2 is 1.71 bits per heavy atom. The van der Waals surface area contributed by atoms with Crippen molar-refractivity contribution in [1.29, 1.82) is 0 Å². The molecule has 98 valence electrons. The highest BCUT2D eigenvalue weighted by atomic mass is 16.3. The SMILES string of the molecule is C1=Cc2cc(-c3cc4ccccc4o3)nc3cccc1c23. The smallest absolute Gasteiger partial charge is 0.153 e. The van der Waals surface area contributed by atoms with Gasteiger partial charge in [-0.15, -0.1) is 0 Å². The monoisotopic (exact) mass is 269 g/mol. The first-order valence-electron chi connectivity index (χ1n) is 6.99. The Morgan fingerprint density at radius 3 is 2.67 bits per heavy atom. The Bertz CT molecular complexity index is 1010. The molecule has 1 aliphatic carbocycles. The molecule has 0 N–H and O–H groups in total. The molecule has 0 amide bonds. The molecular weight excluding hydrogens is 258 g/mol. The summed E-state index contributed by atoms with van der Waals surface area (Å²) in [4.78, 5) is 4.77. The molecule has 0 atom stereocenters. The number of benzene rings is 2. The number of fused-ring (bicyclic) bond motifs is 1. The highest BCUT2D eigenvalue weighted by Crippen LogP contribution is 2.34. The largest absolute Gasteiger partial charge is 0.454 e. The van der Waals surface area contributed by atoms with Crippen LogP contribution in [0.2, 0.25) is 0 Å². The Kier molecular flexibility index (Phi) is 1.98. The second-order valence-electron chi connectivity index (χ2n) is 5.32. The molecule has 0 saturated heterocycles. The van der Waals surface area contributed by atoms with E-state index >= 15 is 0 Å². The number of aromatic nitrogens is 1. The van der Waals surface area contributed by atoms with E-state index in [4.69, 9.17) is 9.40 Å². The molecule has 0 aliphatic heterocycles. The molecule has 2 heterocycles. The molecule has 0 radical (unpaired) electrons. The Hall–Kier alpha value is -2.87. The van der Waals surface area contributed by atoms with Gasteiger partial charge in [0.05, 0.1) is 5.52 Å². The van der Waals surface area contributed by atoms with E-state index in [2.05, 4.69) is 42.5 Å². The van der Waals surface area contributed by atoms with Gasteiger partial charge in [-0.1, -0.05) is 42.5 Å². The van der Waals surface area contributed by atoms with Crippen molar-refractivity contribution in [3.8, 4) is 11.5 Å². The second kappa shape index (κ2) is 3.83. The molecular formula is C19H11NO. The van der Waals surface area contributed by atoms with Gasteiger partial charge in [-0.3, -0.25) is 0 Å². The first-order chi connectivity index (χ1) is 10.4. The number of furan rings is 1. The molecule has 0 unspecified atom stereocenters. The van der Waals surface area contributed by atoms with Crippen LogP contribution in [0.4, 0.5) is 0 Å². The zero-order chi connectivity index (χ0) is 13.8. The minimum absolute atomic E-state index is 0.819. The normalized spacial score (nSPS) is 12.6. The fourth-order valence-electron chi connectivity index (χ4n) is 3.03. The van der Waals surface area contributed by atoms with Crippen LogP contribution in [0.1, 0.15) is 11.1 Å². The molecule has 2 heteroatoms. The minimum atomic E-state index is 0.819. The number of hydrogen-bond donors (Lipinski definition) is 0. The van der Waals surface area contributed by atoms with Crippen molar-refractivity contribution < 1.29 is 4.42 Å². The standard InChI is InChI=1S/C19H11NO/c1-2-7-17-13(4-1)11-18(21-17)16-10-14-9-8-12-5-3-6-15(20-16)19(12)14/h1-11H. The van der Waals surface area contributed by atoms with Gasteiger partial charge in [0.2, 0.25) is 0 Å². The molecule has 0 fully saturated rings. The summed E-state index contributed by atoms with van der Waals surface area (Å²) in [5.41, 5.74) is 5.26. The Balaban J connectivity index is 1.81. The third-order valence-corrected chi connectivity index (χ3v) is 4.02. The number of hydrogen-bond acceptors (Lipinski definition) is 2. The van der Waals surface area contributed by atoms with Gasteiger partial charge in [0, 0.05) is 10.8 Å². The van der Waals surface area contributed by atoms with E-state index in [1.54, 1.807) is 0 Å². The Morgan fingerprint density at radius 1 is 0.810 bits per heavy atom. The predicted molar refractivity (Wildman–Crippen MR) is 85.9 cm³/mol. The third-order valence-electron chi connectivity index (χ3n) is 4.02. The van der Waals surface area contributed by atoms with Crippen LogP contribution in [0.3, 0.4) is 0 Å². The van der Waals surface area contributed by atoms with Crippen LogP contribution in [0.25, 0.3) is 45.5 Å². The highest BCUT2D eigenvalue weighted by molar-refractivity contribution is 6.04. The fraction of sp³-hybridized carbons (Fsp3) is 0. The van der Waals surface area contributed by atoms with Crippen LogP contribution in [-0.4, -0.2) is 4.98 Å². The fourth-order valence-corrected chi connectivity index (χ4v) is 3.03. The quantitative estimate of drug-likeness (QED) is 0.421. The van der Waals surface area contributed by atoms with E-state index in [1.807, 2.05) is 24.3 Å². The number of rotatable bonds is 1. The number of nitrogens with zero attached hydrogens (tertiary/aromatic N) is 1. The van der Waals surface area contributed by atoms with E-state index in [-0.39, 0.29) is 0 Å². The molecule has 4 aromatic rings. The lowest BCUT2D eigenvalue weighted by Gasteiger charge is -2.04. The molecule has 2 aromatic heterocycles. The second-order valence-corrected chi connectivity index (χ2v) is 5.32. The van der Waals surface area contributed by atoms with Crippen molar-refractivity contribution in [1.82, 2.24) is 4.98 Å². The molecule has 0 bridgehead atoms. The number of para-hydroxylation sites is 1. The topological polar surface area (TPSA) is 26.0 Å². The van der Waals surface area contributed by atoms with Crippen molar-refractivity contribution in [2.24, 2.45) is 0 Å². The van der Waals surface area contributed by atoms with Gasteiger partial charge in [-0.2, -0.15) is 0 Å². The van der Waals surface area contributed by atoms with Gasteiger partial charge < -0.3 is 4.42 Å². The maximum atomic E-state index is 5.93. The molecule has 2 aromatic carbocycles. The molecule has 21 heavy (non-hydrogen) atoms. The summed E-state index contributed by atoms with van der Waals surface area (Å²) in [6, 6.07) is 18.4. The van der Waals surface area contributed by atoms with Crippen LogP contribution in [-0.2, 0) is 0 Å². The van der Waals surface area contributed by atoms with Crippen LogP contribution in [0.5, 0.6) is 0 Å². The van der Waals surface area contributed by atoms with Crippen molar-refractivity contribution >= 4 is 34.0 Å². The lowest BCUT2D eigenvalue weighted by atomic mass is 10.1. The molecule has 2 nitrogen and oxygen atoms in total. The van der Waals surface area contributed by atoms with Gasteiger partial charge in [0.1, 0.15) is 11.3 Å². The van der Waals surface area contributed by atoms with Crippen LogP contribution < -0.4 is 0 Å². The van der Waals surface area contributed by atoms with Crippen LogP contribution >= 0.6 is 0 Å². The predicted octanol–water partition coefficient (Wildman–Crippen LogP) is 5.13. The number of pyridine rings is 1. The summed E-state index contributed by atoms with van der Waals surface area (Å²) in [5.74, 6) is 0.819. The van der Waals surface area contributed by atoms with E-state index in [9.17, 15) is 0 Å². The summed E-state index contributed by atoms with van der Waals surface area (Å²) in [7, 11) is 0. The highest BCUT2D eigenvalue weighted by Gasteiger charge is 2.14. The maximum Gasteiger partial charge on any atom is 0.153 e. The van der Waals surface area contributed by atoms with E-state index in [0.717, 1.165) is 27.9 Å². The summed E-state index contributed by atoms with van der Waals surface area (Å²) in [6.07, 6.45) is 4.28. The van der Waals surface area contributed by atoms with E-state index in [1.165, 1.54) is 16.5 Å².